The van der Waals surface area contributed by atoms with E-state index in [0.717, 1.165) is 17.7 Å². The second-order valence-electron chi connectivity index (χ2n) is 6.11. The molecular formula is C14H14F2N4O3. The van der Waals surface area contributed by atoms with Crippen molar-refractivity contribution in [3.8, 4) is 0 Å². The summed E-state index contributed by atoms with van der Waals surface area (Å²) in [5, 5.41) is 7.45. The van der Waals surface area contributed by atoms with Gasteiger partial charge in [0.2, 0.25) is 11.7 Å². The van der Waals surface area contributed by atoms with Crippen LogP contribution in [0.4, 0.5) is 8.78 Å². The average molecular weight is 324 g/mol. The van der Waals surface area contributed by atoms with E-state index < -0.39 is 30.8 Å². The number of amides is 1. The molecule has 0 aromatic carbocycles. The van der Waals surface area contributed by atoms with Gasteiger partial charge < -0.3 is 13.9 Å². The third-order valence-corrected chi connectivity index (χ3v) is 4.05. The Bertz CT molecular complexity index is 753. The summed E-state index contributed by atoms with van der Waals surface area (Å²) >= 11 is 0. The molecule has 1 amide bonds. The first-order chi connectivity index (χ1) is 10.9. The number of carbonyl (C=O) groups excluding carboxylic acids is 1. The molecule has 1 atom stereocenters. The molecule has 1 saturated heterocycles. The van der Waals surface area contributed by atoms with Crippen molar-refractivity contribution in [3.63, 3.8) is 0 Å². The average Bonchev–Trinajstić information content (AvgIpc) is 2.94. The van der Waals surface area contributed by atoms with Gasteiger partial charge in [-0.25, -0.2) is 8.78 Å². The highest BCUT2D eigenvalue weighted by atomic mass is 19.3. The maximum absolute atomic E-state index is 13.9. The van der Waals surface area contributed by atoms with Crippen LogP contribution in [0, 0.1) is 6.92 Å². The maximum atomic E-state index is 13.9. The van der Waals surface area contributed by atoms with Crippen LogP contribution < -0.4 is 0 Å². The predicted molar refractivity (Wildman–Crippen MR) is 70.9 cm³/mol. The number of nitrogens with zero attached hydrogens (tertiary/aromatic N) is 4. The Kier molecular flexibility index (Phi) is 3.00. The fourth-order valence-corrected chi connectivity index (χ4v) is 2.75. The van der Waals surface area contributed by atoms with Crippen molar-refractivity contribution in [3.05, 3.63) is 29.2 Å². The summed E-state index contributed by atoms with van der Waals surface area (Å²) in [4.78, 5) is 17.7. The molecule has 122 valence electrons. The Hall–Kier alpha value is -2.32. The Morgan fingerprint density at radius 3 is 2.78 bits per heavy atom. The molecule has 7 nitrogen and oxygen atoms in total. The summed E-state index contributed by atoms with van der Waals surface area (Å²) in [6.45, 7) is 0.938. The number of alkyl halides is 2. The van der Waals surface area contributed by atoms with Crippen LogP contribution in [0.2, 0.25) is 0 Å². The molecule has 4 rings (SSSR count). The molecule has 2 fully saturated rings. The summed E-state index contributed by atoms with van der Waals surface area (Å²) in [7, 11) is 0. The van der Waals surface area contributed by atoms with Gasteiger partial charge in [0.25, 0.3) is 11.8 Å². The number of rotatable bonds is 3. The standard InChI is InChI=1S/C14H14F2N4O3/c1-7-4-10(22-18-7)13(21)20-6-14(15,16)5-9(20)12-17-11(19-23-12)8-2-3-8/h4,8-9H,2-3,5-6H2,1H3/t9-/m0/s1. The normalized spacial score (nSPS) is 23.4. The van der Waals surface area contributed by atoms with Gasteiger partial charge >= 0.3 is 0 Å². The molecule has 0 N–H and O–H groups in total. The highest BCUT2D eigenvalue weighted by Crippen LogP contribution is 2.43. The van der Waals surface area contributed by atoms with Gasteiger partial charge in [0.05, 0.1) is 12.2 Å². The van der Waals surface area contributed by atoms with Crippen molar-refractivity contribution in [2.45, 2.75) is 44.1 Å². The Morgan fingerprint density at radius 1 is 1.35 bits per heavy atom. The first-order valence-corrected chi connectivity index (χ1v) is 7.38. The molecule has 0 unspecified atom stereocenters. The molecule has 0 spiro atoms. The third-order valence-electron chi connectivity index (χ3n) is 4.05. The monoisotopic (exact) mass is 324 g/mol. The largest absolute Gasteiger partial charge is 0.351 e. The van der Waals surface area contributed by atoms with Gasteiger partial charge in [0.15, 0.2) is 5.82 Å². The second kappa shape index (κ2) is 4.84. The quantitative estimate of drug-likeness (QED) is 0.862. The zero-order valence-corrected chi connectivity index (χ0v) is 12.3. The number of aromatic nitrogens is 3. The smallest absolute Gasteiger partial charge is 0.293 e. The Labute approximate surface area is 129 Å². The number of hydrogen-bond donors (Lipinski definition) is 0. The Balaban J connectivity index is 1.63. The van der Waals surface area contributed by atoms with Crippen LogP contribution in [-0.4, -0.2) is 38.6 Å². The number of hydrogen-bond acceptors (Lipinski definition) is 6. The van der Waals surface area contributed by atoms with Crippen LogP contribution in [0.25, 0.3) is 0 Å². The lowest BCUT2D eigenvalue weighted by Gasteiger charge is -2.19. The van der Waals surface area contributed by atoms with E-state index in [2.05, 4.69) is 15.3 Å². The van der Waals surface area contributed by atoms with Gasteiger partial charge in [-0.1, -0.05) is 10.3 Å². The van der Waals surface area contributed by atoms with Crippen molar-refractivity contribution >= 4 is 5.91 Å². The van der Waals surface area contributed by atoms with E-state index in [1.54, 1.807) is 6.92 Å². The molecule has 2 aromatic rings. The molecule has 1 saturated carbocycles. The van der Waals surface area contributed by atoms with Crippen LogP contribution in [0.3, 0.4) is 0 Å². The second-order valence-corrected chi connectivity index (χ2v) is 6.11. The SMILES string of the molecule is Cc1cc(C(=O)N2CC(F)(F)C[C@H]2c2nc(C3CC3)no2)on1. The Morgan fingerprint density at radius 2 is 2.13 bits per heavy atom. The topological polar surface area (TPSA) is 85.3 Å². The number of halogens is 2. The molecule has 3 heterocycles. The first kappa shape index (κ1) is 14.3. The minimum atomic E-state index is -3.01. The summed E-state index contributed by atoms with van der Waals surface area (Å²) in [6.07, 6.45) is 1.40. The van der Waals surface area contributed by atoms with E-state index in [-0.39, 0.29) is 17.6 Å². The molecule has 9 heteroatoms. The zero-order chi connectivity index (χ0) is 16.2. The van der Waals surface area contributed by atoms with Crippen LogP contribution in [0.5, 0.6) is 0 Å². The maximum Gasteiger partial charge on any atom is 0.293 e. The summed E-state index contributed by atoms with van der Waals surface area (Å²) < 4.78 is 37.7. The van der Waals surface area contributed by atoms with E-state index in [4.69, 9.17) is 9.05 Å². The lowest BCUT2D eigenvalue weighted by atomic mass is 10.2. The van der Waals surface area contributed by atoms with Crippen molar-refractivity contribution in [1.29, 1.82) is 0 Å². The predicted octanol–water partition coefficient (Wildman–Crippen LogP) is 2.47. The van der Waals surface area contributed by atoms with Gasteiger partial charge in [-0.05, 0) is 19.8 Å². The van der Waals surface area contributed by atoms with Crippen molar-refractivity contribution in [2.75, 3.05) is 6.54 Å². The van der Waals surface area contributed by atoms with E-state index >= 15 is 0 Å². The molecular weight excluding hydrogens is 310 g/mol. The van der Waals surface area contributed by atoms with Gasteiger partial charge in [0.1, 0.15) is 6.04 Å². The van der Waals surface area contributed by atoms with E-state index in [1.807, 2.05) is 0 Å². The fraction of sp³-hybridized carbons (Fsp3) is 0.571. The number of carbonyl (C=O) groups is 1. The van der Waals surface area contributed by atoms with Crippen molar-refractivity contribution in [1.82, 2.24) is 20.2 Å². The lowest BCUT2D eigenvalue weighted by molar-refractivity contribution is 0.0112. The van der Waals surface area contributed by atoms with Crippen LogP contribution in [-0.2, 0) is 0 Å². The molecule has 1 aliphatic heterocycles. The van der Waals surface area contributed by atoms with Gasteiger partial charge in [-0.2, -0.15) is 4.98 Å². The summed E-state index contributed by atoms with van der Waals surface area (Å²) in [5.41, 5.74) is 0.504. The molecule has 0 radical (unpaired) electrons. The summed E-state index contributed by atoms with van der Waals surface area (Å²) in [6, 6.07) is 0.460. The molecule has 2 aromatic heterocycles. The highest BCUT2D eigenvalue weighted by molar-refractivity contribution is 5.92. The lowest BCUT2D eigenvalue weighted by Crippen LogP contribution is -2.32. The van der Waals surface area contributed by atoms with Crippen LogP contribution in [0.15, 0.2) is 15.1 Å². The fourth-order valence-electron chi connectivity index (χ4n) is 2.75. The van der Waals surface area contributed by atoms with Crippen LogP contribution in [0.1, 0.15) is 59.2 Å². The highest BCUT2D eigenvalue weighted by Gasteiger charge is 2.50. The number of aryl methyl sites for hydroxylation is 1. The van der Waals surface area contributed by atoms with Gasteiger partial charge in [-0.3, -0.25) is 4.79 Å². The molecule has 2 aliphatic rings. The molecule has 1 aliphatic carbocycles. The minimum absolute atomic E-state index is 0.0497. The van der Waals surface area contributed by atoms with E-state index in [0.29, 0.717) is 11.5 Å². The van der Waals surface area contributed by atoms with Gasteiger partial charge in [-0.15, -0.1) is 0 Å². The zero-order valence-electron chi connectivity index (χ0n) is 12.3. The van der Waals surface area contributed by atoms with Crippen LogP contribution >= 0.6 is 0 Å². The third kappa shape index (κ3) is 2.60. The molecule has 23 heavy (non-hydrogen) atoms. The molecule has 0 bridgehead atoms. The van der Waals surface area contributed by atoms with E-state index in [9.17, 15) is 13.6 Å². The van der Waals surface area contributed by atoms with Crippen molar-refractivity contribution in [2.24, 2.45) is 0 Å². The number of likely N-dealkylation sites (tertiary alicyclic amines) is 1. The summed E-state index contributed by atoms with van der Waals surface area (Å²) in [5.74, 6) is -2.92. The first-order valence-electron chi connectivity index (χ1n) is 7.38. The van der Waals surface area contributed by atoms with E-state index in [1.165, 1.54) is 6.07 Å². The van der Waals surface area contributed by atoms with Gasteiger partial charge in [0, 0.05) is 18.4 Å². The van der Waals surface area contributed by atoms with Crippen molar-refractivity contribution < 1.29 is 22.6 Å². The minimum Gasteiger partial charge on any atom is -0.351 e.